The summed E-state index contributed by atoms with van der Waals surface area (Å²) in [6.45, 7) is 1.64. The minimum absolute atomic E-state index is 0.604. The highest BCUT2D eigenvalue weighted by atomic mass is 32.1. The summed E-state index contributed by atoms with van der Waals surface area (Å²) >= 11 is 1.41. The van der Waals surface area contributed by atoms with Gasteiger partial charge in [-0.25, -0.2) is 9.78 Å². The van der Waals surface area contributed by atoms with Crippen LogP contribution in [-0.2, 0) is 4.79 Å². The second-order valence-electron chi connectivity index (χ2n) is 5.44. The van der Waals surface area contributed by atoms with Gasteiger partial charge in [0.05, 0.1) is 18.5 Å². The molecule has 1 atom stereocenters. The summed E-state index contributed by atoms with van der Waals surface area (Å²) in [4.78, 5) is 18.0. The molecule has 1 heterocycles. The topological polar surface area (TPSA) is 62.7 Å². The van der Waals surface area contributed by atoms with Crippen LogP contribution in [-0.4, -0.2) is 29.2 Å². The van der Waals surface area contributed by atoms with E-state index in [1.165, 1.54) is 11.3 Å². The van der Waals surface area contributed by atoms with Gasteiger partial charge in [-0.1, -0.05) is 42.5 Å². The number of benzene rings is 2. The molecule has 3 rings (SSSR count). The largest absolute Gasteiger partial charge is 0.495 e. The molecular weight excluding hydrogens is 336 g/mol. The molecule has 128 valence electrons. The van der Waals surface area contributed by atoms with Crippen LogP contribution in [0.25, 0.3) is 11.3 Å². The van der Waals surface area contributed by atoms with Gasteiger partial charge in [0.25, 0.3) is 0 Å². The van der Waals surface area contributed by atoms with Crippen molar-refractivity contribution in [2.24, 2.45) is 0 Å². The zero-order valence-corrected chi connectivity index (χ0v) is 14.7. The number of rotatable bonds is 6. The SMILES string of the molecule is COc1ccccc1N(c1nc(-c2ccccc2)cs1)C(C)C(=O)O. The lowest BCUT2D eigenvalue weighted by molar-refractivity contribution is -0.138. The van der Waals surface area contributed by atoms with Gasteiger partial charge in [0, 0.05) is 10.9 Å². The Morgan fingerprint density at radius 1 is 1.16 bits per heavy atom. The van der Waals surface area contributed by atoms with Crippen LogP contribution < -0.4 is 9.64 Å². The summed E-state index contributed by atoms with van der Waals surface area (Å²) in [6.07, 6.45) is 0. The molecule has 0 saturated heterocycles. The number of aliphatic carboxylic acids is 1. The Labute approximate surface area is 150 Å². The first kappa shape index (κ1) is 17.0. The maximum atomic E-state index is 11.7. The highest BCUT2D eigenvalue weighted by molar-refractivity contribution is 7.14. The van der Waals surface area contributed by atoms with E-state index >= 15 is 0 Å². The van der Waals surface area contributed by atoms with E-state index in [1.807, 2.05) is 60.0 Å². The third-order valence-electron chi connectivity index (χ3n) is 3.86. The molecule has 2 aromatic carbocycles. The van der Waals surface area contributed by atoms with Crippen molar-refractivity contribution in [1.29, 1.82) is 0 Å². The summed E-state index contributed by atoms with van der Waals surface area (Å²) in [5.74, 6) is -0.325. The van der Waals surface area contributed by atoms with Crippen LogP contribution >= 0.6 is 11.3 Å². The van der Waals surface area contributed by atoms with Gasteiger partial charge in [-0.05, 0) is 19.1 Å². The number of methoxy groups -OCH3 is 1. The fourth-order valence-electron chi connectivity index (χ4n) is 2.53. The number of carboxylic acid groups (broad SMARTS) is 1. The zero-order chi connectivity index (χ0) is 17.8. The molecular formula is C19H18N2O3S. The summed E-state index contributed by atoms with van der Waals surface area (Å²) in [5.41, 5.74) is 2.49. The van der Waals surface area contributed by atoms with Crippen LogP contribution in [0.5, 0.6) is 5.75 Å². The number of thiazole rings is 1. The van der Waals surface area contributed by atoms with Gasteiger partial charge in [0.1, 0.15) is 11.8 Å². The highest BCUT2D eigenvalue weighted by Crippen LogP contribution is 2.38. The van der Waals surface area contributed by atoms with Crippen molar-refractivity contribution in [2.45, 2.75) is 13.0 Å². The minimum atomic E-state index is -0.928. The van der Waals surface area contributed by atoms with Crippen LogP contribution in [0.2, 0.25) is 0 Å². The number of ether oxygens (including phenoxy) is 1. The van der Waals surface area contributed by atoms with E-state index in [4.69, 9.17) is 4.74 Å². The molecule has 0 radical (unpaired) electrons. The van der Waals surface area contributed by atoms with E-state index in [-0.39, 0.29) is 0 Å². The second kappa shape index (κ2) is 7.36. The minimum Gasteiger partial charge on any atom is -0.495 e. The summed E-state index contributed by atoms with van der Waals surface area (Å²) in [5, 5.41) is 12.1. The molecule has 3 aromatic rings. The third kappa shape index (κ3) is 3.49. The van der Waals surface area contributed by atoms with Crippen LogP contribution in [0.15, 0.2) is 60.0 Å². The van der Waals surface area contributed by atoms with Crippen LogP contribution in [0.1, 0.15) is 6.92 Å². The van der Waals surface area contributed by atoms with Crippen molar-refractivity contribution in [2.75, 3.05) is 12.0 Å². The Hall–Kier alpha value is -2.86. The van der Waals surface area contributed by atoms with Gasteiger partial charge in [-0.3, -0.25) is 0 Å². The van der Waals surface area contributed by atoms with E-state index < -0.39 is 12.0 Å². The Balaban J connectivity index is 2.07. The number of carbonyl (C=O) groups is 1. The molecule has 0 aliphatic rings. The highest BCUT2D eigenvalue weighted by Gasteiger charge is 2.27. The quantitative estimate of drug-likeness (QED) is 0.709. The van der Waals surface area contributed by atoms with Crippen molar-refractivity contribution < 1.29 is 14.6 Å². The number of aromatic nitrogens is 1. The van der Waals surface area contributed by atoms with E-state index in [0.29, 0.717) is 16.6 Å². The van der Waals surface area contributed by atoms with E-state index in [9.17, 15) is 9.90 Å². The smallest absolute Gasteiger partial charge is 0.326 e. The summed E-state index contributed by atoms with van der Waals surface area (Å²) in [7, 11) is 1.57. The van der Waals surface area contributed by atoms with Crippen molar-refractivity contribution in [1.82, 2.24) is 4.98 Å². The van der Waals surface area contributed by atoms with Crippen LogP contribution in [0.4, 0.5) is 10.8 Å². The molecule has 5 nitrogen and oxygen atoms in total. The van der Waals surface area contributed by atoms with Crippen LogP contribution in [0.3, 0.4) is 0 Å². The number of carboxylic acids is 1. The van der Waals surface area contributed by atoms with E-state index in [2.05, 4.69) is 4.98 Å². The lowest BCUT2D eigenvalue weighted by Gasteiger charge is -2.27. The normalized spacial score (nSPS) is 11.8. The molecule has 25 heavy (non-hydrogen) atoms. The molecule has 0 amide bonds. The molecule has 1 unspecified atom stereocenters. The lowest BCUT2D eigenvalue weighted by Crippen LogP contribution is -2.35. The van der Waals surface area contributed by atoms with Gasteiger partial charge in [0.2, 0.25) is 0 Å². The number of anilines is 2. The van der Waals surface area contributed by atoms with Gasteiger partial charge < -0.3 is 14.7 Å². The number of hydrogen-bond donors (Lipinski definition) is 1. The van der Waals surface area contributed by atoms with Gasteiger partial charge in [-0.2, -0.15) is 0 Å². The predicted molar refractivity (Wildman–Crippen MR) is 99.8 cm³/mol. The van der Waals surface area contributed by atoms with Gasteiger partial charge in [-0.15, -0.1) is 11.3 Å². The Morgan fingerprint density at radius 2 is 1.84 bits per heavy atom. The van der Waals surface area contributed by atoms with Crippen LogP contribution in [0, 0.1) is 0 Å². The maximum Gasteiger partial charge on any atom is 0.326 e. The number of para-hydroxylation sites is 2. The fraction of sp³-hybridized carbons (Fsp3) is 0.158. The molecule has 1 N–H and O–H groups in total. The Bertz CT molecular complexity index is 864. The molecule has 0 fully saturated rings. The summed E-state index contributed by atoms with van der Waals surface area (Å²) in [6, 6.07) is 16.4. The summed E-state index contributed by atoms with van der Waals surface area (Å²) < 4.78 is 5.41. The molecule has 0 spiro atoms. The van der Waals surface area contributed by atoms with Crippen molar-refractivity contribution in [3.8, 4) is 17.0 Å². The van der Waals surface area contributed by atoms with Crippen molar-refractivity contribution in [3.05, 3.63) is 60.0 Å². The molecule has 0 aliphatic carbocycles. The zero-order valence-electron chi connectivity index (χ0n) is 13.9. The lowest BCUT2D eigenvalue weighted by atomic mass is 10.2. The Kier molecular flexibility index (Phi) is 5.00. The molecule has 1 aromatic heterocycles. The fourth-order valence-corrected chi connectivity index (χ4v) is 3.46. The average molecular weight is 354 g/mol. The maximum absolute atomic E-state index is 11.7. The van der Waals surface area contributed by atoms with Crippen molar-refractivity contribution >= 4 is 28.1 Å². The van der Waals surface area contributed by atoms with Crippen molar-refractivity contribution in [3.63, 3.8) is 0 Å². The third-order valence-corrected chi connectivity index (χ3v) is 4.70. The predicted octanol–water partition coefficient (Wildman–Crippen LogP) is 4.43. The first-order chi connectivity index (χ1) is 12.1. The standard InChI is InChI=1S/C19H18N2O3S/c1-13(18(22)23)21(16-10-6-7-11-17(16)24-2)19-20-15(12-25-19)14-8-4-3-5-9-14/h3-13H,1-2H3,(H,22,23). The molecule has 0 saturated carbocycles. The molecule has 6 heteroatoms. The van der Waals surface area contributed by atoms with E-state index in [0.717, 1.165) is 11.3 Å². The second-order valence-corrected chi connectivity index (χ2v) is 6.27. The van der Waals surface area contributed by atoms with E-state index in [1.54, 1.807) is 18.9 Å². The number of nitrogens with zero attached hydrogens (tertiary/aromatic N) is 2. The van der Waals surface area contributed by atoms with Gasteiger partial charge in [0.15, 0.2) is 5.13 Å². The number of hydrogen-bond acceptors (Lipinski definition) is 5. The monoisotopic (exact) mass is 354 g/mol. The van der Waals surface area contributed by atoms with Gasteiger partial charge >= 0.3 is 5.97 Å². The first-order valence-corrected chi connectivity index (χ1v) is 8.65. The molecule has 0 bridgehead atoms. The Morgan fingerprint density at radius 3 is 2.52 bits per heavy atom. The first-order valence-electron chi connectivity index (χ1n) is 7.78. The average Bonchev–Trinajstić information content (AvgIpc) is 3.12. The molecule has 0 aliphatic heterocycles.